The third kappa shape index (κ3) is 4.97. The van der Waals surface area contributed by atoms with Crippen LogP contribution < -0.4 is 10.6 Å². The van der Waals surface area contributed by atoms with E-state index in [0.29, 0.717) is 12.3 Å². The number of rotatable bonds is 4. The molecule has 0 spiro atoms. The van der Waals surface area contributed by atoms with Crippen molar-refractivity contribution in [3.8, 4) is 0 Å². The molecular formula is C13H26N2O. The Kier molecular flexibility index (Phi) is 4.00. The number of hydrogen-bond donors (Lipinski definition) is 2. The highest BCUT2D eigenvalue weighted by molar-refractivity contribution is 5.77. The van der Waals surface area contributed by atoms with Crippen LogP contribution in [0.15, 0.2) is 0 Å². The number of carbonyl (C=O) groups is 1. The van der Waals surface area contributed by atoms with Crippen LogP contribution in [0.1, 0.15) is 47.5 Å². The molecule has 3 nitrogen and oxygen atoms in total. The van der Waals surface area contributed by atoms with Crippen LogP contribution in [0.2, 0.25) is 0 Å². The third-order valence-corrected chi connectivity index (χ3v) is 2.79. The van der Waals surface area contributed by atoms with Crippen molar-refractivity contribution in [1.29, 1.82) is 0 Å². The van der Waals surface area contributed by atoms with Crippen molar-refractivity contribution in [3.63, 3.8) is 0 Å². The summed E-state index contributed by atoms with van der Waals surface area (Å²) in [7, 11) is 0. The van der Waals surface area contributed by atoms with Crippen LogP contribution in [0.4, 0.5) is 0 Å². The Morgan fingerprint density at radius 1 is 1.25 bits per heavy atom. The van der Waals surface area contributed by atoms with E-state index >= 15 is 0 Å². The Morgan fingerprint density at radius 3 is 2.19 bits per heavy atom. The molecule has 1 heterocycles. The van der Waals surface area contributed by atoms with Gasteiger partial charge in [-0.05, 0) is 44.7 Å². The van der Waals surface area contributed by atoms with Crippen LogP contribution >= 0.6 is 0 Å². The molecule has 0 bridgehead atoms. The first-order valence-electron chi connectivity index (χ1n) is 6.20. The standard InChI is InChI=1S/C13H26N2O/c1-12(2,3)9-13(4,5)15-11(16)6-10-7-14-8-10/h10,14H,6-9H2,1-5H3,(H,15,16). The molecule has 0 unspecified atom stereocenters. The fourth-order valence-corrected chi connectivity index (χ4v) is 2.55. The summed E-state index contributed by atoms with van der Waals surface area (Å²) in [5, 5.41) is 6.33. The molecule has 0 radical (unpaired) electrons. The molecular weight excluding hydrogens is 200 g/mol. The van der Waals surface area contributed by atoms with Gasteiger partial charge in [-0.15, -0.1) is 0 Å². The summed E-state index contributed by atoms with van der Waals surface area (Å²) in [6.45, 7) is 12.8. The molecule has 16 heavy (non-hydrogen) atoms. The average molecular weight is 226 g/mol. The number of nitrogens with one attached hydrogen (secondary N) is 2. The molecule has 0 atom stereocenters. The second-order valence-electron chi connectivity index (χ2n) is 6.90. The van der Waals surface area contributed by atoms with Crippen molar-refractivity contribution >= 4 is 5.91 Å². The lowest BCUT2D eigenvalue weighted by atomic mass is 9.81. The summed E-state index contributed by atoms with van der Waals surface area (Å²) in [6.07, 6.45) is 1.66. The van der Waals surface area contributed by atoms with Gasteiger partial charge in [-0.1, -0.05) is 20.8 Å². The molecule has 1 amide bonds. The van der Waals surface area contributed by atoms with Crippen LogP contribution in [-0.4, -0.2) is 24.5 Å². The van der Waals surface area contributed by atoms with E-state index in [1.165, 1.54) is 0 Å². The number of amides is 1. The van der Waals surface area contributed by atoms with Crippen molar-refractivity contribution in [2.75, 3.05) is 13.1 Å². The molecule has 1 aliphatic rings. The molecule has 3 heteroatoms. The molecule has 0 saturated carbocycles. The van der Waals surface area contributed by atoms with E-state index in [2.05, 4.69) is 45.3 Å². The van der Waals surface area contributed by atoms with Crippen molar-refractivity contribution < 1.29 is 4.79 Å². The third-order valence-electron chi connectivity index (χ3n) is 2.79. The van der Waals surface area contributed by atoms with E-state index in [1.54, 1.807) is 0 Å². The van der Waals surface area contributed by atoms with Crippen molar-refractivity contribution in [1.82, 2.24) is 10.6 Å². The van der Waals surface area contributed by atoms with Gasteiger partial charge in [-0.2, -0.15) is 0 Å². The zero-order valence-electron chi connectivity index (χ0n) is 11.3. The van der Waals surface area contributed by atoms with Crippen LogP contribution in [0.5, 0.6) is 0 Å². The maximum absolute atomic E-state index is 11.8. The van der Waals surface area contributed by atoms with E-state index in [-0.39, 0.29) is 16.9 Å². The van der Waals surface area contributed by atoms with Gasteiger partial charge < -0.3 is 10.6 Å². The summed E-state index contributed by atoms with van der Waals surface area (Å²) >= 11 is 0. The predicted octanol–water partition coefficient (Wildman–Crippen LogP) is 1.93. The van der Waals surface area contributed by atoms with Crippen LogP contribution in [0, 0.1) is 11.3 Å². The van der Waals surface area contributed by atoms with E-state index < -0.39 is 0 Å². The van der Waals surface area contributed by atoms with Gasteiger partial charge in [-0.3, -0.25) is 4.79 Å². The zero-order chi connectivity index (χ0) is 12.4. The monoisotopic (exact) mass is 226 g/mol. The predicted molar refractivity (Wildman–Crippen MR) is 67.3 cm³/mol. The van der Waals surface area contributed by atoms with E-state index in [9.17, 15) is 4.79 Å². The van der Waals surface area contributed by atoms with Gasteiger partial charge >= 0.3 is 0 Å². The highest BCUT2D eigenvalue weighted by atomic mass is 16.1. The quantitative estimate of drug-likeness (QED) is 0.769. The van der Waals surface area contributed by atoms with Crippen molar-refractivity contribution in [2.24, 2.45) is 11.3 Å². The smallest absolute Gasteiger partial charge is 0.220 e. The summed E-state index contributed by atoms with van der Waals surface area (Å²) in [5.74, 6) is 0.742. The molecule has 1 saturated heterocycles. The highest BCUT2D eigenvalue weighted by Gasteiger charge is 2.28. The fraction of sp³-hybridized carbons (Fsp3) is 0.923. The lowest BCUT2D eigenvalue weighted by molar-refractivity contribution is -0.124. The van der Waals surface area contributed by atoms with Crippen LogP contribution in [0.3, 0.4) is 0 Å². The lowest BCUT2D eigenvalue weighted by Crippen LogP contribution is -2.49. The van der Waals surface area contributed by atoms with Gasteiger partial charge in [0.2, 0.25) is 5.91 Å². The topological polar surface area (TPSA) is 41.1 Å². The van der Waals surface area contributed by atoms with E-state index in [0.717, 1.165) is 19.5 Å². The molecule has 2 N–H and O–H groups in total. The molecule has 0 aliphatic carbocycles. The van der Waals surface area contributed by atoms with E-state index in [4.69, 9.17) is 0 Å². The molecule has 0 aromatic heterocycles. The Balaban J connectivity index is 2.35. The largest absolute Gasteiger partial charge is 0.351 e. The molecule has 0 aromatic rings. The summed E-state index contributed by atoms with van der Waals surface area (Å²) < 4.78 is 0. The Bertz CT molecular complexity index is 249. The number of carbonyl (C=O) groups excluding carboxylic acids is 1. The molecule has 0 aromatic carbocycles. The normalized spacial score (nSPS) is 18.1. The maximum atomic E-state index is 11.8. The van der Waals surface area contributed by atoms with Gasteiger partial charge in [0.05, 0.1) is 0 Å². The summed E-state index contributed by atoms with van der Waals surface area (Å²) in [5.41, 5.74) is 0.140. The minimum absolute atomic E-state index is 0.105. The maximum Gasteiger partial charge on any atom is 0.220 e. The fourth-order valence-electron chi connectivity index (χ4n) is 2.55. The summed E-state index contributed by atoms with van der Waals surface area (Å²) in [4.78, 5) is 11.8. The van der Waals surface area contributed by atoms with Crippen molar-refractivity contribution in [3.05, 3.63) is 0 Å². The Hall–Kier alpha value is -0.570. The molecule has 1 rings (SSSR count). The lowest BCUT2D eigenvalue weighted by Gasteiger charge is -2.34. The van der Waals surface area contributed by atoms with Gasteiger partial charge in [0.25, 0.3) is 0 Å². The minimum Gasteiger partial charge on any atom is -0.351 e. The average Bonchev–Trinajstić information content (AvgIpc) is 1.90. The second kappa shape index (κ2) is 4.74. The first kappa shape index (κ1) is 13.5. The van der Waals surface area contributed by atoms with Crippen LogP contribution in [0.25, 0.3) is 0 Å². The minimum atomic E-state index is -0.105. The molecule has 1 aliphatic heterocycles. The van der Waals surface area contributed by atoms with Crippen LogP contribution in [-0.2, 0) is 4.79 Å². The first-order valence-corrected chi connectivity index (χ1v) is 6.20. The van der Waals surface area contributed by atoms with Gasteiger partial charge in [0.1, 0.15) is 0 Å². The zero-order valence-corrected chi connectivity index (χ0v) is 11.3. The van der Waals surface area contributed by atoms with Gasteiger partial charge in [0, 0.05) is 12.0 Å². The molecule has 94 valence electrons. The SMILES string of the molecule is CC(C)(C)CC(C)(C)NC(=O)CC1CNC1. The van der Waals surface area contributed by atoms with Gasteiger partial charge in [0.15, 0.2) is 0 Å². The van der Waals surface area contributed by atoms with E-state index in [1.807, 2.05) is 0 Å². The van der Waals surface area contributed by atoms with Gasteiger partial charge in [-0.25, -0.2) is 0 Å². The first-order chi connectivity index (χ1) is 7.18. The summed E-state index contributed by atoms with van der Waals surface area (Å²) in [6, 6.07) is 0. The number of hydrogen-bond acceptors (Lipinski definition) is 2. The molecule has 1 fully saturated rings. The van der Waals surface area contributed by atoms with Crippen molar-refractivity contribution in [2.45, 2.75) is 53.0 Å². The Labute approximate surface area is 99.4 Å². The highest BCUT2D eigenvalue weighted by Crippen LogP contribution is 2.27. The second-order valence-corrected chi connectivity index (χ2v) is 6.90. The Morgan fingerprint density at radius 2 is 1.81 bits per heavy atom.